The second kappa shape index (κ2) is 15.9. The number of fused-ring (bicyclic) bond motifs is 5. The molecule has 2 heteroatoms. The van der Waals surface area contributed by atoms with E-state index in [0.29, 0.717) is 5.92 Å². The Balaban J connectivity index is 0.993. The molecule has 1 unspecified atom stereocenters. The molecular formula is C62H43NO. The molecule has 0 bridgehead atoms. The van der Waals surface area contributed by atoms with Crippen LogP contribution in [-0.4, -0.2) is 0 Å². The normalized spacial score (nSPS) is 13.6. The summed E-state index contributed by atoms with van der Waals surface area (Å²) in [6, 6.07) is 79.4. The third kappa shape index (κ3) is 6.77. The van der Waals surface area contributed by atoms with E-state index in [1.54, 1.807) is 0 Å². The molecule has 11 aromatic rings. The van der Waals surface area contributed by atoms with Gasteiger partial charge in [0.05, 0.1) is 5.69 Å². The van der Waals surface area contributed by atoms with Gasteiger partial charge in [0.1, 0.15) is 11.2 Å². The lowest BCUT2D eigenvalue weighted by molar-refractivity contribution is 0.669. The first-order valence-corrected chi connectivity index (χ1v) is 22.2. The van der Waals surface area contributed by atoms with E-state index >= 15 is 0 Å². The van der Waals surface area contributed by atoms with Crippen LogP contribution in [0, 0.1) is 0 Å². The SMILES string of the molecule is C1=CCC(c2ccc(-c3ccc(N(c4ccc(-c5ccc6ccccc6c5)cc4)c4ccccc4-c4cccc5oc6cc7ccccc7cc6c45)cc3)cc2-c2ccccc2)C=C1. The van der Waals surface area contributed by atoms with Crippen molar-refractivity contribution in [3.8, 4) is 44.5 Å². The van der Waals surface area contributed by atoms with Crippen molar-refractivity contribution >= 4 is 60.5 Å². The summed E-state index contributed by atoms with van der Waals surface area (Å²) in [5.41, 5.74) is 15.9. The summed E-state index contributed by atoms with van der Waals surface area (Å²) in [5, 5.41) is 7.09. The average Bonchev–Trinajstić information content (AvgIpc) is 3.74. The van der Waals surface area contributed by atoms with Crippen LogP contribution in [-0.2, 0) is 0 Å². The Morgan fingerprint density at radius 3 is 1.73 bits per heavy atom. The van der Waals surface area contributed by atoms with Crippen LogP contribution in [0.5, 0.6) is 0 Å². The zero-order chi connectivity index (χ0) is 42.4. The summed E-state index contributed by atoms with van der Waals surface area (Å²) in [6.07, 6.45) is 9.93. The Morgan fingerprint density at radius 2 is 1.00 bits per heavy atom. The molecule has 302 valence electrons. The van der Waals surface area contributed by atoms with Crippen LogP contribution in [0.2, 0.25) is 0 Å². The molecule has 64 heavy (non-hydrogen) atoms. The van der Waals surface area contributed by atoms with E-state index in [1.165, 1.54) is 60.5 Å². The summed E-state index contributed by atoms with van der Waals surface area (Å²) >= 11 is 0. The molecule has 2 nitrogen and oxygen atoms in total. The number of furan rings is 1. The van der Waals surface area contributed by atoms with Crippen molar-refractivity contribution in [3.05, 3.63) is 248 Å². The van der Waals surface area contributed by atoms with Gasteiger partial charge in [-0.1, -0.05) is 182 Å². The fourth-order valence-corrected chi connectivity index (χ4v) is 9.77. The Labute approximate surface area is 373 Å². The molecule has 0 saturated heterocycles. The Kier molecular flexibility index (Phi) is 9.34. The van der Waals surface area contributed by atoms with E-state index in [4.69, 9.17) is 4.42 Å². The van der Waals surface area contributed by atoms with Crippen LogP contribution in [0.4, 0.5) is 17.1 Å². The van der Waals surface area contributed by atoms with Gasteiger partial charge in [-0.3, -0.25) is 0 Å². The number of nitrogens with zero attached hydrogens (tertiary/aromatic N) is 1. The van der Waals surface area contributed by atoms with Gasteiger partial charge in [0.2, 0.25) is 0 Å². The lowest BCUT2D eigenvalue weighted by Gasteiger charge is -2.28. The Bertz CT molecular complexity index is 3570. The fourth-order valence-electron chi connectivity index (χ4n) is 9.77. The van der Waals surface area contributed by atoms with E-state index < -0.39 is 0 Å². The molecule has 0 saturated carbocycles. The highest BCUT2D eigenvalue weighted by atomic mass is 16.3. The predicted octanol–water partition coefficient (Wildman–Crippen LogP) is 17.6. The van der Waals surface area contributed by atoms with Gasteiger partial charge in [-0.2, -0.15) is 0 Å². The molecule has 1 heterocycles. The first kappa shape index (κ1) is 37.6. The minimum Gasteiger partial charge on any atom is -0.456 e. The average molecular weight is 818 g/mol. The molecule has 10 aromatic carbocycles. The highest BCUT2D eigenvalue weighted by molar-refractivity contribution is 6.16. The number of hydrogen-bond donors (Lipinski definition) is 0. The molecule has 12 rings (SSSR count). The molecule has 1 atom stereocenters. The summed E-state index contributed by atoms with van der Waals surface area (Å²) in [5.74, 6) is 0.350. The minimum atomic E-state index is 0.350. The predicted molar refractivity (Wildman–Crippen MR) is 271 cm³/mol. The summed E-state index contributed by atoms with van der Waals surface area (Å²) < 4.78 is 6.59. The van der Waals surface area contributed by atoms with E-state index in [2.05, 4.69) is 248 Å². The Hall–Kier alpha value is -8.20. The highest BCUT2D eigenvalue weighted by Crippen LogP contribution is 2.46. The van der Waals surface area contributed by atoms with Crippen molar-refractivity contribution < 1.29 is 4.42 Å². The fraction of sp³-hybridized carbons (Fsp3) is 0.0323. The van der Waals surface area contributed by atoms with Crippen molar-refractivity contribution in [3.63, 3.8) is 0 Å². The van der Waals surface area contributed by atoms with Gasteiger partial charge in [0.15, 0.2) is 0 Å². The van der Waals surface area contributed by atoms with Gasteiger partial charge in [0, 0.05) is 33.6 Å². The van der Waals surface area contributed by atoms with Gasteiger partial charge in [0.25, 0.3) is 0 Å². The summed E-state index contributed by atoms with van der Waals surface area (Å²) in [4.78, 5) is 2.40. The van der Waals surface area contributed by atoms with Gasteiger partial charge >= 0.3 is 0 Å². The maximum Gasteiger partial charge on any atom is 0.136 e. The summed E-state index contributed by atoms with van der Waals surface area (Å²) in [7, 11) is 0. The van der Waals surface area contributed by atoms with E-state index in [0.717, 1.165) is 56.5 Å². The van der Waals surface area contributed by atoms with Gasteiger partial charge in [-0.25, -0.2) is 0 Å². The number of rotatable bonds is 8. The molecule has 0 N–H and O–H groups in total. The number of hydrogen-bond acceptors (Lipinski definition) is 2. The van der Waals surface area contributed by atoms with E-state index in [1.807, 2.05) is 0 Å². The van der Waals surface area contributed by atoms with Crippen LogP contribution in [0.3, 0.4) is 0 Å². The van der Waals surface area contributed by atoms with E-state index in [9.17, 15) is 0 Å². The number of anilines is 3. The third-order valence-corrected chi connectivity index (χ3v) is 13.0. The molecule has 0 fully saturated rings. The maximum atomic E-state index is 6.59. The lowest BCUT2D eigenvalue weighted by Crippen LogP contribution is -2.11. The Morgan fingerprint density at radius 1 is 0.391 bits per heavy atom. The number of benzene rings is 10. The number of allylic oxidation sites excluding steroid dienone is 4. The highest BCUT2D eigenvalue weighted by Gasteiger charge is 2.22. The third-order valence-electron chi connectivity index (χ3n) is 13.0. The first-order chi connectivity index (χ1) is 31.7. The van der Waals surface area contributed by atoms with Gasteiger partial charge < -0.3 is 9.32 Å². The standard InChI is InChI=1S/C62H43NO/c1-3-15-45(16-4-1)54-37-32-51(39-57(54)46-17-5-2-6-18-46)44-30-35-53(36-31-44)63(52-33-28-43(29-34-52)50-27-26-42-14-7-8-19-47(42)38-50)59-24-12-11-22-55(59)56-23-13-25-60-62(56)58-40-48-20-9-10-21-49(48)41-61(58)64-60/h1-15,17-41,45H,16H2. The monoisotopic (exact) mass is 817 g/mol. The molecular weight excluding hydrogens is 775 g/mol. The van der Waals surface area contributed by atoms with Crippen molar-refractivity contribution in [1.82, 2.24) is 0 Å². The maximum absolute atomic E-state index is 6.59. The molecule has 1 aliphatic rings. The smallest absolute Gasteiger partial charge is 0.136 e. The second-order valence-corrected chi connectivity index (χ2v) is 16.8. The van der Waals surface area contributed by atoms with Gasteiger partial charge in [-0.15, -0.1) is 0 Å². The van der Waals surface area contributed by atoms with Crippen LogP contribution in [0.1, 0.15) is 17.9 Å². The zero-order valence-corrected chi connectivity index (χ0v) is 35.2. The van der Waals surface area contributed by atoms with Crippen molar-refractivity contribution in [2.45, 2.75) is 12.3 Å². The number of para-hydroxylation sites is 1. The molecule has 0 aliphatic heterocycles. The van der Waals surface area contributed by atoms with Crippen LogP contribution >= 0.6 is 0 Å². The molecule has 0 amide bonds. The summed E-state index contributed by atoms with van der Waals surface area (Å²) in [6.45, 7) is 0. The van der Waals surface area contributed by atoms with E-state index in [-0.39, 0.29) is 0 Å². The quantitative estimate of drug-likeness (QED) is 0.152. The molecule has 1 aliphatic carbocycles. The largest absolute Gasteiger partial charge is 0.456 e. The van der Waals surface area contributed by atoms with Crippen LogP contribution in [0.15, 0.2) is 247 Å². The van der Waals surface area contributed by atoms with Gasteiger partial charge in [-0.05, 0) is 133 Å². The zero-order valence-electron chi connectivity index (χ0n) is 35.2. The molecule has 0 radical (unpaired) electrons. The molecule has 0 spiro atoms. The topological polar surface area (TPSA) is 16.4 Å². The second-order valence-electron chi connectivity index (χ2n) is 16.8. The van der Waals surface area contributed by atoms with Crippen LogP contribution in [0.25, 0.3) is 88.0 Å². The lowest BCUT2D eigenvalue weighted by atomic mass is 9.85. The van der Waals surface area contributed by atoms with Crippen LogP contribution < -0.4 is 4.90 Å². The first-order valence-electron chi connectivity index (χ1n) is 22.2. The molecule has 1 aromatic heterocycles. The van der Waals surface area contributed by atoms with Crippen molar-refractivity contribution in [2.24, 2.45) is 0 Å². The van der Waals surface area contributed by atoms with Crippen molar-refractivity contribution in [2.75, 3.05) is 4.90 Å². The van der Waals surface area contributed by atoms with Crippen molar-refractivity contribution in [1.29, 1.82) is 0 Å². The minimum absolute atomic E-state index is 0.350.